The largest absolute Gasteiger partial charge is 0.516 e. The van der Waals surface area contributed by atoms with E-state index in [0.29, 0.717) is 0 Å². The summed E-state index contributed by atoms with van der Waals surface area (Å²) in [5.41, 5.74) is -1.09. The van der Waals surface area contributed by atoms with Gasteiger partial charge in [-0.1, -0.05) is 15.9 Å². The molecule has 7 heteroatoms. The maximum Gasteiger partial charge on any atom is 0.516 e. The molecule has 1 aromatic heterocycles. The monoisotopic (exact) mass is 431 g/mol. The van der Waals surface area contributed by atoms with Gasteiger partial charge in [-0.05, 0) is 67.8 Å². The molecule has 0 bridgehead atoms. The lowest BCUT2D eigenvalue weighted by Gasteiger charge is -2.32. The van der Waals surface area contributed by atoms with Gasteiger partial charge in [-0.3, -0.25) is 4.57 Å². The first-order valence-corrected chi connectivity index (χ1v) is 8.25. The van der Waals surface area contributed by atoms with E-state index in [0.717, 1.165) is 0 Å². The minimum atomic E-state index is -0.884. The molecule has 0 aliphatic carbocycles. The number of aromatic nitrogens is 2. The highest BCUT2D eigenvalue weighted by Crippen LogP contribution is 2.36. The van der Waals surface area contributed by atoms with E-state index in [1.807, 2.05) is 27.7 Å². The van der Waals surface area contributed by atoms with Crippen molar-refractivity contribution in [3.8, 4) is 5.69 Å². The lowest BCUT2D eigenvalue weighted by atomic mass is 9.86. The first kappa shape index (κ1) is 11.0. The number of imidazole rings is 1. The van der Waals surface area contributed by atoms with Crippen molar-refractivity contribution < 1.29 is 16.2 Å². The molecule has 4 nitrogen and oxygen atoms in total. The topological polar surface area (TPSA) is 36.3 Å². The predicted molar refractivity (Wildman–Crippen MR) is 94.7 cm³/mol. The number of benzene rings is 1. The van der Waals surface area contributed by atoms with E-state index in [-0.39, 0.29) is 50.8 Å². The van der Waals surface area contributed by atoms with Crippen LogP contribution in [0.15, 0.2) is 39.5 Å². The third kappa shape index (κ3) is 2.80. The molecular weight excluding hydrogens is 411 g/mol. The molecule has 1 saturated heterocycles. The van der Waals surface area contributed by atoms with Crippen molar-refractivity contribution in [1.82, 2.24) is 9.55 Å². The van der Waals surface area contributed by atoms with Crippen LogP contribution in [-0.4, -0.2) is 27.9 Å². The Morgan fingerprint density at radius 1 is 1.09 bits per heavy atom. The SMILES string of the molecule is [2H]c1c([2H])c(-n2c(Br)nc(B3OC(C)(C)C(C)(C)O3)c2[2H])c([2H])c([2H])c1Br. The van der Waals surface area contributed by atoms with E-state index in [4.69, 9.17) is 16.2 Å². The number of nitrogens with zero attached hydrogens (tertiary/aromatic N) is 2. The minimum absolute atomic E-state index is 0.0650. The number of hydrogen-bond donors (Lipinski definition) is 0. The Balaban J connectivity index is 2.18. The molecule has 0 amide bonds. The number of hydrogen-bond acceptors (Lipinski definition) is 3. The zero-order valence-corrected chi connectivity index (χ0v) is 15.7. The Labute approximate surface area is 154 Å². The van der Waals surface area contributed by atoms with E-state index in [2.05, 4.69) is 36.8 Å². The standard InChI is InChI=1S/C15H17BBr2N2O2/c1-14(2)15(3,4)22-16(21-14)12-9-20(13(18)19-12)11-7-5-10(17)6-8-11/h5-9H,1-4H3/i5D,6D,7D,8D,9D. The van der Waals surface area contributed by atoms with Crippen LogP contribution in [0.1, 0.15) is 34.5 Å². The van der Waals surface area contributed by atoms with Crippen LogP contribution in [0.4, 0.5) is 0 Å². The molecule has 3 rings (SSSR count). The van der Waals surface area contributed by atoms with Gasteiger partial charge in [0.15, 0.2) is 4.73 Å². The van der Waals surface area contributed by atoms with Gasteiger partial charge >= 0.3 is 7.12 Å². The molecule has 2 aromatic rings. The fraction of sp³-hybridized carbons (Fsp3) is 0.400. The fourth-order valence-corrected chi connectivity index (χ4v) is 2.60. The molecule has 0 N–H and O–H groups in total. The fourth-order valence-electron chi connectivity index (χ4n) is 1.95. The Bertz CT molecular complexity index is 906. The molecule has 1 aromatic carbocycles. The second kappa shape index (κ2) is 5.48. The highest BCUT2D eigenvalue weighted by molar-refractivity contribution is 9.10. The van der Waals surface area contributed by atoms with Crippen LogP contribution < -0.4 is 5.59 Å². The predicted octanol–water partition coefficient (Wildman–Crippen LogP) is 3.70. The third-order valence-corrected chi connectivity index (χ3v) is 4.83. The molecule has 0 saturated carbocycles. The number of halogens is 2. The molecular formula is C15H17BBr2N2O2. The summed E-state index contributed by atoms with van der Waals surface area (Å²) in [6.07, 6.45) is -0.136. The summed E-state index contributed by atoms with van der Waals surface area (Å²) in [7, 11) is -0.884. The molecule has 116 valence electrons. The number of rotatable bonds is 2. The van der Waals surface area contributed by atoms with E-state index in [1.165, 1.54) is 4.57 Å². The summed E-state index contributed by atoms with van der Waals surface area (Å²) >= 11 is 6.33. The third-order valence-electron chi connectivity index (χ3n) is 3.90. The molecule has 0 spiro atoms. The molecule has 1 aliphatic rings. The molecule has 0 unspecified atom stereocenters. The molecule has 2 heterocycles. The van der Waals surface area contributed by atoms with Crippen molar-refractivity contribution in [3.63, 3.8) is 0 Å². The Morgan fingerprint density at radius 3 is 2.18 bits per heavy atom. The van der Waals surface area contributed by atoms with Crippen LogP contribution in [0.25, 0.3) is 5.69 Å². The van der Waals surface area contributed by atoms with Gasteiger partial charge in [0.05, 0.1) is 23.6 Å². The Morgan fingerprint density at radius 2 is 1.64 bits per heavy atom. The van der Waals surface area contributed by atoms with Crippen LogP contribution in [0, 0.1) is 0 Å². The van der Waals surface area contributed by atoms with Gasteiger partial charge in [-0.25, -0.2) is 4.98 Å². The van der Waals surface area contributed by atoms with E-state index in [1.54, 1.807) is 0 Å². The van der Waals surface area contributed by atoms with Gasteiger partial charge in [-0.2, -0.15) is 0 Å². The average molecular weight is 433 g/mol. The summed E-state index contributed by atoms with van der Waals surface area (Å²) in [5, 5.41) is 0. The minimum Gasteiger partial charge on any atom is -0.398 e. The Hall–Kier alpha value is -0.625. The maximum absolute atomic E-state index is 8.53. The average Bonchev–Trinajstić information content (AvgIpc) is 2.97. The molecule has 22 heavy (non-hydrogen) atoms. The molecule has 1 fully saturated rings. The second-order valence-corrected chi connectivity index (χ2v) is 7.47. The summed E-state index contributed by atoms with van der Waals surface area (Å²) in [5.74, 6) is 0. The Kier molecular flexibility index (Phi) is 2.74. The van der Waals surface area contributed by atoms with Crippen LogP contribution >= 0.6 is 31.9 Å². The van der Waals surface area contributed by atoms with Crippen LogP contribution in [0.2, 0.25) is 0 Å². The van der Waals surface area contributed by atoms with Crippen molar-refractivity contribution >= 4 is 44.6 Å². The van der Waals surface area contributed by atoms with Gasteiger partial charge in [0.2, 0.25) is 0 Å². The summed E-state index contributed by atoms with van der Waals surface area (Å²) < 4.78 is 54.3. The second-order valence-electron chi connectivity index (χ2n) is 5.96. The van der Waals surface area contributed by atoms with Gasteiger partial charge in [0, 0.05) is 16.3 Å². The smallest absolute Gasteiger partial charge is 0.398 e. The van der Waals surface area contributed by atoms with Crippen molar-refractivity contribution in [1.29, 1.82) is 0 Å². The van der Waals surface area contributed by atoms with Crippen molar-refractivity contribution in [2.45, 2.75) is 38.9 Å². The van der Waals surface area contributed by atoms with Gasteiger partial charge < -0.3 is 9.31 Å². The van der Waals surface area contributed by atoms with E-state index < -0.39 is 18.3 Å². The van der Waals surface area contributed by atoms with E-state index in [9.17, 15) is 0 Å². The lowest BCUT2D eigenvalue weighted by Crippen LogP contribution is -2.41. The summed E-state index contributed by atoms with van der Waals surface area (Å²) in [6, 6.07) is -1.03. The normalized spacial score (nSPS) is 22.8. The van der Waals surface area contributed by atoms with E-state index >= 15 is 0 Å². The van der Waals surface area contributed by atoms with Crippen molar-refractivity contribution in [2.24, 2.45) is 0 Å². The molecule has 0 atom stereocenters. The van der Waals surface area contributed by atoms with Gasteiger partial charge in [0.25, 0.3) is 0 Å². The summed E-state index contributed by atoms with van der Waals surface area (Å²) in [6.45, 7) is 7.56. The first-order valence-electron chi connectivity index (χ1n) is 9.16. The highest BCUT2D eigenvalue weighted by atomic mass is 79.9. The quantitative estimate of drug-likeness (QED) is 0.679. The summed E-state index contributed by atoms with van der Waals surface area (Å²) in [4.78, 5) is 4.30. The van der Waals surface area contributed by atoms with Gasteiger partial charge in [-0.15, -0.1) is 0 Å². The van der Waals surface area contributed by atoms with Gasteiger partial charge in [0.1, 0.15) is 0 Å². The molecule has 1 aliphatic heterocycles. The van der Waals surface area contributed by atoms with Crippen LogP contribution in [-0.2, 0) is 9.31 Å². The highest BCUT2D eigenvalue weighted by Gasteiger charge is 2.52. The zero-order valence-electron chi connectivity index (χ0n) is 17.5. The van der Waals surface area contributed by atoms with Crippen molar-refractivity contribution in [2.75, 3.05) is 0 Å². The zero-order chi connectivity index (χ0) is 20.5. The van der Waals surface area contributed by atoms with Crippen LogP contribution in [0.5, 0.6) is 0 Å². The molecule has 0 radical (unpaired) electrons. The lowest BCUT2D eigenvalue weighted by molar-refractivity contribution is 0.00578. The maximum atomic E-state index is 8.53. The van der Waals surface area contributed by atoms with Crippen molar-refractivity contribution in [3.05, 3.63) is 39.5 Å². The van der Waals surface area contributed by atoms with Crippen LogP contribution in [0.3, 0.4) is 0 Å². The first-order chi connectivity index (χ1) is 12.3.